The normalized spacial score (nSPS) is 11.3. The summed E-state index contributed by atoms with van der Waals surface area (Å²) in [6, 6.07) is 10.7. The molecule has 0 fully saturated rings. The van der Waals surface area contributed by atoms with E-state index in [4.69, 9.17) is 4.98 Å². The summed E-state index contributed by atoms with van der Waals surface area (Å²) < 4.78 is 0. The van der Waals surface area contributed by atoms with Gasteiger partial charge in [0.1, 0.15) is 11.5 Å². The highest BCUT2D eigenvalue weighted by molar-refractivity contribution is 5.96. The summed E-state index contributed by atoms with van der Waals surface area (Å²) in [6.07, 6.45) is 1.96. The fourth-order valence-corrected chi connectivity index (χ4v) is 2.98. The molecule has 0 aliphatic heterocycles. The van der Waals surface area contributed by atoms with E-state index >= 15 is 0 Å². The minimum atomic E-state index is 0.873. The molecule has 0 bridgehead atoms. The molecule has 0 spiro atoms. The molecule has 0 unspecified atom stereocenters. The Balaban J connectivity index is 2.06. The maximum Gasteiger partial charge on any atom is 0.140 e. The number of benzene rings is 1. The highest BCUT2D eigenvalue weighted by Crippen LogP contribution is 2.34. The topological polar surface area (TPSA) is 44.0 Å². The van der Waals surface area contributed by atoms with E-state index in [0.717, 1.165) is 24.6 Å². The second kappa shape index (κ2) is 6.42. The zero-order valence-electron chi connectivity index (χ0n) is 14.3. The van der Waals surface area contributed by atoms with Crippen molar-refractivity contribution in [3.05, 3.63) is 47.7 Å². The number of H-pyrrole nitrogens is 1. The second-order valence-electron chi connectivity index (χ2n) is 6.29. The first-order chi connectivity index (χ1) is 11.1. The summed E-state index contributed by atoms with van der Waals surface area (Å²) in [6.45, 7) is 6.18. The lowest BCUT2D eigenvalue weighted by Gasteiger charge is -2.14. The van der Waals surface area contributed by atoms with E-state index in [0.29, 0.717) is 0 Å². The molecule has 0 saturated carbocycles. The Morgan fingerprint density at radius 1 is 1.13 bits per heavy atom. The third kappa shape index (κ3) is 3.22. The van der Waals surface area contributed by atoms with Crippen LogP contribution in [0.25, 0.3) is 22.2 Å². The molecule has 2 N–H and O–H groups in total. The number of aromatic amines is 1. The first-order valence-electron chi connectivity index (χ1n) is 7.99. The SMILES string of the molecule is Cc1cccc(C)c1-c1cc(NCCN(C)C)nc2[nH]ccc12. The molecule has 2 aromatic heterocycles. The molecule has 4 heteroatoms. The first kappa shape index (κ1) is 15.6. The first-order valence-corrected chi connectivity index (χ1v) is 7.99. The van der Waals surface area contributed by atoms with Gasteiger partial charge in [-0.25, -0.2) is 4.98 Å². The Morgan fingerprint density at radius 3 is 2.57 bits per heavy atom. The number of pyridine rings is 1. The van der Waals surface area contributed by atoms with Crippen molar-refractivity contribution in [1.82, 2.24) is 14.9 Å². The molecular formula is C19H24N4. The van der Waals surface area contributed by atoms with Crippen molar-refractivity contribution in [2.45, 2.75) is 13.8 Å². The Bertz CT molecular complexity index is 797. The molecule has 0 aliphatic rings. The van der Waals surface area contributed by atoms with E-state index in [9.17, 15) is 0 Å². The van der Waals surface area contributed by atoms with Gasteiger partial charge in [-0.3, -0.25) is 0 Å². The smallest absolute Gasteiger partial charge is 0.140 e. The highest BCUT2D eigenvalue weighted by Gasteiger charge is 2.12. The minimum absolute atomic E-state index is 0.873. The number of likely N-dealkylation sites (N-methyl/N-ethyl adjacent to an activating group) is 1. The molecule has 3 rings (SSSR count). The van der Waals surface area contributed by atoms with Gasteiger partial charge in [0.15, 0.2) is 0 Å². The van der Waals surface area contributed by atoms with Crippen LogP contribution in [0.2, 0.25) is 0 Å². The maximum absolute atomic E-state index is 4.69. The van der Waals surface area contributed by atoms with Crippen LogP contribution in [-0.2, 0) is 0 Å². The molecular weight excluding hydrogens is 284 g/mol. The Hall–Kier alpha value is -2.33. The molecule has 0 aliphatic carbocycles. The highest BCUT2D eigenvalue weighted by atomic mass is 15.1. The number of aromatic nitrogens is 2. The van der Waals surface area contributed by atoms with Gasteiger partial charge in [-0.05, 0) is 62.3 Å². The Kier molecular flexibility index (Phi) is 4.35. The van der Waals surface area contributed by atoms with Crippen molar-refractivity contribution in [3.63, 3.8) is 0 Å². The lowest BCUT2D eigenvalue weighted by Crippen LogP contribution is -2.21. The van der Waals surface area contributed by atoms with Crippen LogP contribution in [0.5, 0.6) is 0 Å². The number of anilines is 1. The number of aryl methyl sites for hydroxylation is 2. The van der Waals surface area contributed by atoms with Crippen molar-refractivity contribution >= 4 is 16.9 Å². The third-order valence-corrected chi connectivity index (χ3v) is 4.14. The molecule has 0 amide bonds. The number of fused-ring (bicyclic) bond motifs is 1. The maximum atomic E-state index is 4.69. The van der Waals surface area contributed by atoms with E-state index in [1.165, 1.54) is 27.6 Å². The van der Waals surface area contributed by atoms with Gasteiger partial charge in [0.25, 0.3) is 0 Å². The van der Waals surface area contributed by atoms with E-state index in [1.54, 1.807) is 0 Å². The van der Waals surface area contributed by atoms with E-state index in [1.807, 2.05) is 6.20 Å². The van der Waals surface area contributed by atoms with E-state index in [2.05, 4.69) is 73.5 Å². The molecule has 2 heterocycles. The minimum Gasteiger partial charge on any atom is -0.369 e. The van der Waals surface area contributed by atoms with Crippen LogP contribution in [0.15, 0.2) is 36.5 Å². The predicted octanol–water partition coefficient (Wildman–Crippen LogP) is 3.82. The van der Waals surface area contributed by atoms with Gasteiger partial charge in [0.2, 0.25) is 0 Å². The Labute approximate surface area is 137 Å². The summed E-state index contributed by atoms with van der Waals surface area (Å²) >= 11 is 0. The molecule has 120 valence electrons. The van der Waals surface area contributed by atoms with Gasteiger partial charge < -0.3 is 15.2 Å². The fourth-order valence-electron chi connectivity index (χ4n) is 2.98. The largest absolute Gasteiger partial charge is 0.369 e. The number of rotatable bonds is 5. The standard InChI is InChI=1S/C19H24N4/c1-13-6-5-7-14(2)18(13)16-12-17(20-10-11-23(3)4)22-19-15(16)8-9-21-19/h5-9,12H,10-11H2,1-4H3,(H2,20,21,22). The Morgan fingerprint density at radius 2 is 1.87 bits per heavy atom. The number of nitrogens with one attached hydrogen (secondary N) is 2. The summed E-state index contributed by atoms with van der Waals surface area (Å²) in [5.41, 5.74) is 6.04. The van der Waals surface area contributed by atoms with Crippen molar-refractivity contribution in [2.24, 2.45) is 0 Å². The van der Waals surface area contributed by atoms with Gasteiger partial charge in [-0.15, -0.1) is 0 Å². The van der Waals surface area contributed by atoms with Gasteiger partial charge in [-0.2, -0.15) is 0 Å². The van der Waals surface area contributed by atoms with Gasteiger partial charge in [0, 0.05) is 24.7 Å². The van der Waals surface area contributed by atoms with E-state index in [-0.39, 0.29) is 0 Å². The average Bonchev–Trinajstić information content (AvgIpc) is 2.95. The van der Waals surface area contributed by atoms with Gasteiger partial charge >= 0.3 is 0 Å². The van der Waals surface area contributed by atoms with Crippen LogP contribution in [0.1, 0.15) is 11.1 Å². The van der Waals surface area contributed by atoms with E-state index < -0.39 is 0 Å². The quantitative estimate of drug-likeness (QED) is 0.753. The monoisotopic (exact) mass is 308 g/mol. The van der Waals surface area contributed by atoms with Gasteiger partial charge in [0.05, 0.1) is 0 Å². The van der Waals surface area contributed by atoms with Crippen LogP contribution in [0.4, 0.5) is 5.82 Å². The van der Waals surface area contributed by atoms with Crippen molar-refractivity contribution in [2.75, 3.05) is 32.5 Å². The zero-order chi connectivity index (χ0) is 16.4. The lowest BCUT2D eigenvalue weighted by atomic mass is 9.94. The van der Waals surface area contributed by atoms with Crippen LogP contribution in [0, 0.1) is 13.8 Å². The van der Waals surface area contributed by atoms with Crippen LogP contribution >= 0.6 is 0 Å². The molecule has 4 nitrogen and oxygen atoms in total. The van der Waals surface area contributed by atoms with Gasteiger partial charge in [-0.1, -0.05) is 18.2 Å². The number of nitrogens with zero attached hydrogens (tertiary/aromatic N) is 2. The molecule has 3 aromatic rings. The summed E-state index contributed by atoms with van der Waals surface area (Å²) in [5.74, 6) is 0.916. The summed E-state index contributed by atoms with van der Waals surface area (Å²) in [4.78, 5) is 10.1. The average molecular weight is 308 g/mol. The molecule has 23 heavy (non-hydrogen) atoms. The lowest BCUT2D eigenvalue weighted by molar-refractivity contribution is 0.425. The van der Waals surface area contributed by atoms with Crippen LogP contribution in [-0.4, -0.2) is 42.1 Å². The molecule has 0 saturated heterocycles. The van der Waals surface area contributed by atoms with Crippen LogP contribution in [0.3, 0.4) is 0 Å². The third-order valence-electron chi connectivity index (χ3n) is 4.14. The van der Waals surface area contributed by atoms with Crippen molar-refractivity contribution < 1.29 is 0 Å². The molecule has 0 atom stereocenters. The van der Waals surface area contributed by atoms with Crippen molar-refractivity contribution in [1.29, 1.82) is 0 Å². The fraction of sp³-hybridized carbons (Fsp3) is 0.316. The summed E-state index contributed by atoms with van der Waals surface area (Å²) in [7, 11) is 4.15. The van der Waals surface area contributed by atoms with Crippen LogP contribution < -0.4 is 5.32 Å². The summed E-state index contributed by atoms with van der Waals surface area (Å²) in [5, 5.41) is 4.60. The molecule has 0 radical (unpaired) electrons. The zero-order valence-corrected chi connectivity index (χ0v) is 14.3. The number of hydrogen-bond donors (Lipinski definition) is 2. The second-order valence-corrected chi connectivity index (χ2v) is 6.29. The number of hydrogen-bond acceptors (Lipinski definition) is 3. The molecule has 1 aromatic carbocycles. The van der Waals surface area contributed by atoms with Crippen molar-refractivity contribution in [3.8, 4) is 11.1 Å². The predicted molar refractivity (Wildman–Crippen MR) is 98.0 cm³/mol.